The van der Waals surface area contributed by atoms with Crippen LogP contribution in [0.2, 0.25) is 0 Å². The lowest BCUT2D eigenvalue weighted by Gasteiger charge is -2.15. The number of likely N-dealkylation sites (N-methyl/N-ethyl adjacent to an activating group) is 1. The molecule has 0 fully saturated rings. The van der Waals surface area contributed by atoms with Crippen LogP contribution in [0.3, 0.4) is 0 Å². The Morgan fingerprint density at radius 2 is 2.00 bits per heavy atom. The van der Waals surface area contributed by atoms with Crippen molar-refractivity contribution in [2.45, 2.75) is 25.8 Å². The standard InChI is InChI=1S/C13H20N2O/c1-3-9-15-13(16)12(14-2)10-11-7-5-4-6-8-11/h4-8,12,14H,3,9-10H2,1-2H3,(H,15,16)/t12-/m0/s1. The van der Waals surface area contributed by atoms with Gasteiger partial charge in [0, 0.05) is 6.54 Å². The van der Waals surface area contributed by atoms with E-state index in [2.05, 4.69) is 10.6 Å². The van der Waals surface area contributed by atoms with Crippen molar-refractivity contribution in [2.75, 3.05) is 13.6 Å². The fraction of sp³-hybridized carbons (Fsp3) is 0.462. The highest BCUT2D eigenvalue weighted by molar-refractivity contribution is 5.82. The first-order chi connectivity index (χ1) is 7.77. The number of carbonyl (C=O) groups excluding carboxylic acids is 1. The molecule has 88 valence electrons. The topological polar surface area (TPSA) is 41.1 Å². The van der Waals surface area contributed by atoms with Crippen molar-refractivity contribution < 1.29 is 4.79 Å². The summed E-state index contributed by atoms with van der Waals surface area (Å²) < 4.78 is 0. The van der Waals surface area contributed by atoms with Crippen LogP contribution in [-0.2, 0) is 11.2 Å². The molecule has 3 nitrogen and oxygen atoms in total. The molecule has 1 aromatic rings. The zero-order valence-electron chi connectivity index (χ0n) is 9.99. The van der Waals surface area contributed by atoms with Gasteiger partial charge in [-0.15, -0.1) is 0 Å². The average Bonchev–Trinajstić information content (AvgIpc) is 2.34. The second kappa shape index (κ2) is 7.01. The van der Waals surface area contributed by atoms with Crippen LogP contribution >= 0.6 is 0 Å². The molecule has 3 heteroatoms. The van der Waals surface area contributed by atoms with Crippen molar-refractivity contribution in [2.24, 2.45) is 0 Å². The van der Waals surface area contributed by atoms with Crippen molar-refractivity contribution in [1.29, 1.82) is 0 Å². The van der Waals surface area contributed by atoms with E-state index in [4.69, 9.17) is 0 Å². The minimum atomic E-state index is -0.144. The Morgan fingerprint density at radius 3 is 2.56 bits per heavy atom. The molecule has 1 amide bonds. The average molecular weight is 220 g/mol. The van der Waals surface area contributed by atoms with E-state index >= 15 is 0 Å². The van der Waals surface area contributed by atoms with E-state index in [-0.39, 0.29) is 11.9 Å². The number of rotatable bonds is 6. The Bertz CT molecular complexity index is 311. The molecule has 0 spiro atoms. The summed E-state index contributed by atoms with van der Waals surface area (Å²) in [7, 11) is 1.82. The molecule has 0 saturated heterocycles. The van der Waals surface area contributed by atoms with Gasteiger partial charge >= 0.3 is 0 Å². The maximum atomic E-state index is 11.8. The first-order valence-electron chi connectivity index (χ1n) is 5.76. The lowest BCUT2D eigenvalue weighted by Crippen LogP contribution is -2.44. The van der Waals surface area contributed by atoms with Gasteiger partial charge in [-0.1, -0.05) is 37.3 Å². The number of amides is 1. The smallest absolute Gasteiger partial charge is 0.237 e. The molecular formula is C13H20N2O. The second-order valence-electron chi connectivity index (χ2n) is 3.82. The first kappa shape index (κ1) is 12.7. The van der Waals surface area contributed by atoms with Crippen molar-refractivity contribution in [3.63, 3.8) is 0 Å². The van der Waals surface area contributed by atoms with Gasteiger partial charge in [0.25, 0.3) is 0 Å². The summed E-state index contributed by atoms with van der Waals surface area (Å²) in [5, 5.41) is 5.95. The number of benzene rings is 1. The Balaban J connectivity index is 2.52. The molecule has 0 aromatic heterocycles. The summed E-state index contributed by atoms with van der Waals surface area (Å²) >= 11 is 0. The SMILES string of the molecule is CCCNC(=O)[C@H](Cc1ccccc1)NC. The van der Waals surface area contributed by atoms with Crippen LogP contribution in [0.15, 0.2) is 30.3 Å². The van der Waals surface area contributed by atoms with E-state index in [0.29, 0.717) is 0 Å². The molecular weight excluding hydrogens is 200 g/mol. The van der Waals surface area contributed by atoms with Gasteiger partial charge in [-0.3, -0.25) is 4.79 Å². The molecule has 1 aromatic carbocycles. The van der Waals surface area contributed by atoms with Gasteiger partial charge in [0.05, 0.1) is 6.04 Å². The monoisotopic (exact) mass is 220 g/mol. The summed E-state index contributed by atoms with van der Waals surface area (Å²) in [4.78, 5) is 11.8. The van der Waals surface area contributed by atoms with Crippen molar-refractivity contribution in [1.82, 2.24) is 10.6 Å². The Kier molecular flexibility index (Phi) is 5.57. The zero-order valence-corrected chi connectivity index (χ0v) is 9.99. The predicted molar refractivity (Wildman–Crippen MR) is 66.3 cm³/mol. The predicted octanol–water partition coefficient (Wildman–Crippen LogP) is 1.34. The van der Waals surface area contributed by atoms with Crippen LogP contribution in [0, 0.1) is 0 Å². The van der Waals surface area contributed by atoms with Crippen LogP contribution in [0.4, 0.5) is 0 Å². The molecule has 0 aliphatic rings. The number of hydrogen-bond donors (Lipinski definition) is 2. The fourth-order valence-electron chi connectivity index (χ4n) is 1.55. The first-order valence-corrected chi connectivity index (χ1v) is 5.76. The second-order valence-corrected chi connectivity index (χ2v) is 3.82. The van der Waals surface area contributed by atoms with Gasteiger partial charge < -0.3 is 10.6 Å². The maximum absolute atomic E-state index is 11.8. The molecule has 1 rings (SSSR count). The van der Waals surface area contributed by atoms with Gasteiger partial charge in [0.2, 0.25) is 5.91 Å². The third kappa shape index (κ3) is 4.03. The summed E-state index contributed by atoms with van der Waals surface area (Å²) in [6.07, 6.45) is 1.69. The van der Waals surface area contributed by atoms with Crippen LogP contribution in [0.25, 0.3) is 0 Å². The molecule has 0 aliphatic carbocycles. The highest BCUT2D eigenvalue weighted by Crippen LogP contribution is 2.03. The lowest BCUT2D eigenvalue weighted by atomic mass is 10.1. The molecule has 0 saturated carbocycles. The molecule has 0 unspecified atom stereocenters. The van der Waals surface area contributed by atoms with Crippen LogP contribution < -0.4 is 10.6 Å². The molecule has 2 N–H and O–H groups in total. The Labute approximate surface area is 97.2 Å². The van der Waals surface area contributed by atoms with E-state index in [1.165, 1.54) is 5.56 Å². The largest absolute Gasteiger partial charge is 0.355 e. The summed E-state index contributed by atoms with van der Waals surface area (Å²) in [5.74, 6) is 0.0770. The maximum Gasteiger partial charge on any atom is 0.237 e. The minimum absolute atomic E-state index is 0.0770. The third-order valence-electron chi connectivity index (χ3n) is 2.50. The lowest BCUT2D eigenvalue weighted by molar-refractivity contribution is -0.123. The molecule has 0 aliphatic heterocycles. The number of carbonyl (C=O) groups is 1. The highest BCUT2D eigenvalue weighted by atomic mass is 16.2. The normalized spacial score (nSPS) is 12.1. The van der Waals surface area contributed by atoms with E-state index < -0.39 is 0 Å². The Hall–Kier alpha value is -1.35. The van der Waals surface area contributed by atoms with E-state index in [1.54, 1.807) is 0 Å². The van der Waals surface area contributed by atoms with E-state index in [1.807, 2.05) is 44.3 Å². The van der Waals surface area contributed by atoms with Crippen LogP contribution in [-0.4, -0.2) is 25.5 Å². The minimum Gasteiger partial charge on any atom is -0.355 e. The molecule has 0 radical (unpaired) electrons. The molecule has 0 heterocycles. The van der Waals surface area contributed by atoms with Gasteiger partial charge in [0.15, 0.2) is 0 Å². The van der Waals surface area contributed by atoms with Crippen molar-refractivity contribution in [3.8, 4) is 0 Å². The molecule has 1 atom stereocenters. The van der Waals surface area contributed by atoms with E-state index in [9.17, 15) is 4.79 Å². The quantitative estimate of drug-likeness (QED) is 0.759. The zero-order chi connectivity index (χ0) is 11.8. The highest BCUT2D eigenvalue weighted by Gasteiger charge is 2.15. The van der Waals surface area contributed by atoms with Gasteiger partial charge in [-0.25, -0.2) is 0 Å². The number of nitrogens with one attached hydrogen (secondary N) is 2. The van der Waals surface area contributed by atoms with Gasteiger partial charge in [0.1, 0.15) is 0 Å². The van der Waals surface area contributed by atoms with E-state index in [0.717, 1.165) is 19.4 Å². The summed E-state index contributed by atoms with van der Waals surface area (Å²) in [5.41, 5.74) is 1.17. The summed E-state index contributed by atoms with van der Waals surface area (Å²) in [6.45, 7) is 2.79. The van der Waals surface area contributed by atoms with Gasteiger partial charge in [-0.2, -0.15) is 0 Å². The Morgan fingerprint density at radius 1 is 1.31 bits per heavy atom. The van der Waals surface area contributed by atoms with Crippen molar-refractivity contribution in [3.05, 3.63) is 35.9 Å². The number of hydrogen-bond acceptors (Lipinski definition) is 2. The van der Waals surface area contributed by atoms with Crippen molar-refractivity contribution >= 4 is 5.91 Å². The van der Waals surface area contributed by atoms with Crippen LogP contribution in [0.1, 0.15) is 18.9 Å². The van der Waals surface area contributed by atoms with Gasteiger partial charge in [-0.05, 0) is 25.5 Å². The fourth-order valence-corrected chi connectivity index (χ4v) is 1.55. The third-order valence-corrected chi connectivity index (χ3v) is 2.50. The summed E-state index contributed by atoms with van der Waals surface area (Å²) in [6, 6.07) is 9.90. The molecule has 16 heavy (non-hydrogen) atoms. The molecule has 0 bridgehead atoms. The van der Waals surface area contributed by atoms with Crippen LogP contribution in [0.5, 0.6) is 0 Å².